The lowest BCUT2D eigenvalue weighted by Gasteiger charge is -2.37. The number of likely N-dealkylation sites (tertiary alicyclic amines) is 1. The average molecular weight is 287 g/mol. The highest BCUT2D eigenvalue weighted by Gasteiger charge is 2.36. The van der Waals surface area contributed by atoms with E-state index in [0.29, 0.717) is 18.4 Å². The monoisotopic (exact) mass is 287 g/mol. The Balaban J connectivity index is 1.70. The molecule has 112 valence electrons. The van der Waals surface area contributed by atoms with E-state index in [2.05, 4.69) is 9.88 Å². The lowest BCUT2D eigenvalue weighted by molar-refractivity contribution is -0.141. The lowest BCUT2D eigenvalue weighted by atomic mass is 9.92. The molecule has 0 bridgehead atoms. The smallest absolute Gasteiger partial charge is 0.325 e. The molecule has 2 aliphatic rings. The van der Waals surface area contributed by atoms with E-state index in [1.54, 1.807) is 0 Å². The Labute approximate surface area is 116 Å². The number of rotatable bonds is 3. The van der Waals surface area contributed by atoms with Gasteiger partial charge in [0, 0.05) is 18.4 Å². The molecule has 1 saturated heterocycles. The van der Waals surface area contributed by atoms with Crippen molar-refractivity contribution >= 4 is 0 Å². The molecule has 2 fully saturated rings. The third kappa shape index (κ3) is 3.00. The van der Waals surface area contributed by atoms with Gasteiger partial charge in [-0.1, -0.05) is 6.42 Å². The van der Waals surface area contributed by atoms with Gasteiger partial charge in [-0.3, -0.25) is 4.90 Å². The number of halogens is 3. The van der Waals surface area contributed by atoms with Crippen LogP contribution in [0.25, 0.3) is 0 Å². The van der Waals surface area contributed by atoms with Crippen LogP contribution in [0.4, 0.5) is 13.2 Å². The fourth-order valence-corrected chi connectivity index (χ4v) is 3.76. The van der Waals surface area contributed by atoms with Crippen molar-refractivity contribution in [2.24, 2.45) is 5.92 Å². The third-order valence-corrected chi connectivity index (χ3v) is 4.60. The van der Waals surface area contributed by atoms with Gasteiger partial charge < -0.3 is 4.57 Å². The molecule has 1 aromatic rings. The zero-order valence-electron chi connectivity index (χ0n) is 11.4. The Bertz CT molecular complexity index is 455. The number of hydrogen-bond acceptors (Lipinski definition) is 2. The summed E-state index contributed by atoms with van der Waals surface area (Å²) < 4.78 is 38.8. The van der Waals surface area contributed by atoms with E-state index in [4.69, 9.17) is 0 Å². The maximum Gasteiger partial charge on any atom is 0.406 e. The second kappa shape index (κ2) is 5.39. The minimum Gasteiger partial charge on any atom is -0.325 e. The molecule has 2 heterocycles. The number of hydrogen-bond donors (Lipinski definition) is 0. The fourth-order valence-electron chi connectivity index (χ4n) is 3.76. The summed E-state index contributed by atoms with van der Waals surface area (Å²) >= 11 is 0. The van der Waals surface area contributed by atoms with Crippen LogP contribution in [-0.2, 0) is 13.1 Å². The van der Waals surface area contributed by atoms with Crippen LogP contribution in [0.3, 0.4) is 0 Å². The predicted molar refractivity (Wildman–Crippen MR) is 69.1 cm³/mol. The average Bonchev–Trinajstić information content (AvgIpc) is 2.97. The van der Waals surface area contributed by atoms with Crippen LogP contribution in [0, 0.1) is 5.92 Å². The highest BCUT2D eigenvalue weighted by Crippen LogP contribution is 2.37. The first-order valence-electron chi connectivity index (χ1n) is 7.34. The van der Waals surface area contributed by atoms with E-state index < -0.39 is 12.7 Å². The molecule has 0 unspecified atom stereocenters. The van der Waals surface area contributed by atoms with Crippen molar-refractivity contribution in [3.05, 3.63) is 18.2 Å². The predicted octanol–water partition coefficient (Wildman–Crippen LogP) is 3.21. The number of piperidine rings is 1. The van der Waals surface area contributed by atoms with Gasteiger partial charge in [0.15, 0.2) is 0 Å². The second-order valence-electron chi connectivity index (χ2n) is 5.96. The minimum atomic E-state index is -4.19. The number of fused-ring (bicyclic) bond motifs is 1. The van der Waals surface area contributed by atoms with Crippen LogP contribution in [0.1, 0.15) is 37.9 Å². The van der Waals surface area contributed by atoms with Crippen LogP contribution in [0.5, 0.6) is 0 Å². The molecule has 0 radical (unpaired) electrons. The van der Waals surface area contributed by atoms with Gasteiger partial charge in [0.2, 0.25) is 0 Å². The Morgan fingerprint density at radius 3 is 2.80 bits per heavy atom. The van der Waals surface area contributed by atoms with E-state index in [9.17, 15) is 13.2 Å². The van der Waals surface area contributed by atoms with Crippen LogP contribution < -0.4 is 0 Å². The van der Waals surface area contributed by atoms with Crippen molar-refractivity contribution in [1.29, 1.82) is 0 Å². The van der Waals surface area contributed by atoms with Crippen molar-refractivity contribution in [2.45, 2.75) is 57.4 Å². The summed E-state index contributed by atoms with van der Waals surface area (Å²) in [6, 6.07) is 0.555. The Morgan fingerprint density at radius 1 is 1.20 bits per heavy atom. The van der Waals surface area contributed by atoms with Gasteiger partial charge in [-0.15, -0.1) is 0 Å². The van der Waals surface area contributed by atoms with Gasteiger partial charge in [-0.2, -0.15) is 13.2 Å². The summed E-state index contributed by atoms with van der Waals surface area (Å²) in [5, 5.41) is 0. The third-order valence-electron chi connectivity index (χ3n) is 4.60. The van der Waals surface area contributed by atoms with Crippen LogP contribution in [0.2, 0.25) is 0 Å². The molecule has 0 amide bonds. The van der Waals surface area contributed by atoms with Gasteiger partial charge in [-0.05, 0) is 38.1 Å². The highest BCUT2D eigenvalue weighted by molar-refractivity contribution is 4.97. The fraction of sp³-hybridized carbons (Fsp3) is 0.786. The van der Waals surface area contributed by atoms with Crippen LogP contribution in [-0.4, -0.2) is 33.2 Å². The van der Waals surface area contributed by atoms with Crippen LogP contribution in [0.15, 0.2) is 12.4 Å². The second-order valence-corrected chi connectivity index (χ2v) is 5.96. The summed E-state index contributed by atoms with van der Waals surface area (Å²) in [7, 11) is 0. The van der Waals surface area contributed by atoms with Gasteiger partial charge in [0.05, 0.1) is 6.54 Å². The first-order valence-corrected chi connectivity index (χ1v) is 7.34. The molecule has 0 N–H and O–H groups in total. The standard InChI is InChI=1S/C14H20F3N3/c15-14(16,17)10-20-8-6-18-13(20)9-19-7-2-4-11-3-1-5-12(11)19/h6,8,11-12H,1-5,7,9-10H2/t11-,12+/m0/s1. The minimum absolute atomic E-state index is 0.537. The van der Waals surface area contributed by atoms with Crippen molar-refractivity contribution in [2.75, 3.05) is 6.54 Å². The maximum atomic E-state index is 12.5. The zero-order chi connectivity index (χ0) is 14.2. The Kier molecular flexibility index (Phi) is 3.75. The Hall–Kier alpha value is -1.04. The lowest BCUT2D eigenvalue weighted by Crippen LogP contribution is -2.42. The molecular formula is C14H20F3N3. The van der Waals surface area contributed by atoms with E-state index in [-0.39, 0.29) is 0 Å². The van der Waals surface area contributed by atoms with Gasteiger partial charge in [0.25, 0.3) is 0 Å². The normalized spacial score (nSPS) is 27.8. The SMILES string of the molecule is FC(F)(F)Cn1ccnc1CN1CCC[C@@H]2CCC[C@H]21. The van der Waals surface area contributed by atoms with E-state index in [1.165, 1.54) is 42.6 Å². The molecule has 0 aromatic carbocycles. The van der Waals surface area contributed by atoms with E-state index in [1.807, 2.05) is 0 Å². The summed E-state index contributed by atoms with van der Waals surface area (Å²) in [5.41, 5.74) is 0. The highest BCUT2D eigenvalue weighted by atomic mass is 19.4. The van der Waals surface area contributed by atoms with Gasteiger partial charge >= 0.3 is 6.18 Å². The van der Waals surface area contributed by atoms with Crippen molar-refractivity contribution < 1.29 is 13.2 Å². The van der Waals surface area contributed by atoms with Gasteiger partial charge in [0.1, 0.15) is 12.4 Å². The Morgan fingerprint density at radius 2 is 2.00 bits per heavy atom. The molecule has 3 rings (SSSR count). The zero-order valence-corrected chi connectivity index (χ0v) is 11.4. The molecule has 2 atom stereocenters. The first kappa shape index (κ1) is 13.9. The maximum absolute atomic E-state index is 12.5. The molecule has 1 aliphatic carbocycles. The van der Waals surface area contributed by atoms with Crippen LogP contribution >= 0.6 is 0 Å². The first-order chi connectivity index (χ1) is 9.53. The summed E-state index contributed by atoms with van der Waals surface area (Å²) in [5.74, 6) is 1.28. The van der Waals surface area contributed by atoms with Crippen molar-refractivity contribution in [1.82, 2.24) is 14.5 Å². The molecule has 3 nitrogen and oxygen atoms in total. The summed E-state index contributed by atoms with van der Waals surface area (Å²) in [4.78, 5) is 6.47. The number of aromatic nitrogens is 2. The van der Waals surface area contributed by atoms with E-state index in [0.717, 1.165) is 18.9 Å². The van der Waals surface area contributed by atoms with Gasteiger partial charge in [-0.25, -0.2) is 4.98 Å². The summed E-state index contributed by atoms with van der Waals surface area (Å²) in [6.45, 7) is 0.592. The van der Waals surface area contributed by atoms with E-state index >= 15 is 0 Å². The quantitative estimate of drug-likeness (QED) is 0.851. The number of imidazole rings is 1. The summed E-state index contributed by atoms with van der Waals surface area (Å²) in [6.07, 6.45) is 4.86. The largest absolute Gasteiger partial charge is 0.406 e. The number of alkyl halides is 3. The molecular weight excluding hydrogens is 267 g/mol. The molecule has 1 aliphatic heterocycles. The molecule has 20 heavy (non-hydrogen) atoms. The molecule has 6 heteroatoms. The molecule has 1 saturated carbocycles. The number of nitrogens with zero attached hydrogens (tertiary/aromatic N) is 3. The topological polar surface area (TPSA) is 21.1 Å². The van der Waals surface area contributed by atoms with Crippen molar-refractivity contribution in [3.8, 4) is 0 Å². The molecule has 1 aromatic heterocycles. The van der Waals surface area contributed by atoms with Crippen molar-refractivity contribution in [3.63, 3.8) is 0 Å². The molecule has 0 spiro atoms.